The first kappa shape index (κ1) is 21.1. The molecule has 1 unspecified atom stereocenters. The third kappa shape index (κ3) is 3.90. The van der Waals surface area contributed by atoms with Gasteiger partial charge >= 0.3 is 0 Å². The van der Waals surface area contributed by atoms with Crippen LogP contribution in [0.1, 0.15) is 29.0 Å². The highest BCUT2D eigenvalue weighted by Gasteiger charge is 2.26. The van der Waals surface area contributed by atoms with Gasteiger partial charge in [0.05, 0.1) is 11.4 Å². The summed E-state index contributed by atoms with van der Waals surface area (Å²) < 4.78 is 1.72. The second-order valence-corrected chi connectivity index (χ2v) is 6.46. The van der Waals surface area contributed by atoms with E-state index >= 15 is 0 Å². The normalized spacial score (nSPS) is 16.5. The van der Waals surface area contributed by atoms with Crippen LogP contribution in [-0.4, -0.2) is 49.9 Å². The molecule has 0 saturated carbocycles. The Labute approximate surface area is 169 Å². The number of halogens is 2. The molecule has 1 fully saturated rings. The van der Waals surface area contributed by atoms with Gasteiger partial charge in [-0.15, -0.1) is 29.9 Å². The summed E-state index contributed by atoms with van der Waals surface area (Å²) in [5.74, 6) is -0.0965. The minimum absolute atomic E-state index is 0. The third-order valence-electron chi connectivity index (χ3n) is 4.73. The van der Waals surface area contributed by atoms with Gasteiger partial charge in [0.2, 0.25) is 0 Å². The van der Waals surface area contributed by atoms with Gasteiger partial charge in [-0.3, -0.25) is 9.78 Å². The van der Waals surface area contributed by atoms with Crippen LogP contribution in [0.3, 0.4) is 0 Å². The highest BCUT2D eigenvalue weighted by Crippen LogP contribution is 2.23. The molecule has 1 aliphatic heterocycles. The van der Waals surface area contributed by atoms with Crippen molar-refractivity contribution in [3.63, 3.8) is 0 Å². The topological polar surface area (TPSA) is 89.9 Å². The van der Waals surface area contributed by atoms with Crippen LogP contribution in [0, 0.1) is 6.92 Å². The molecule has 0 aliphatic carbocycles. The number of rotatable bonds is 2. The van der Waals surface area contributed by atoms with Gasteiger partial charge in [-0.25, -0.2) is 4.68 Å². The molecule has 1 aliphatic rings. The van der Waals surface area contributed by atoms with Crippen LogP contribution in [0.25, 0.3) is 16.5 Å². The van der Waals surface area contributed by atoms with Crippen LogP contribution >= 0.6 is 24.8 Å². The van der Waals surface area contributed by atoms with Crippen molar-refractivity contribution >= 4 is 41.5 Å². The molecule has 3 heterocycles. The van der Waals surface area contributed by atoms with E-state index in [-0.39, 0.29) is 36.8 Å². The van der Waals surface area contributed by atoms with E-state index in [1.54, 1.807) is 15.8 Å². The molecule has 144 valence electrons. The van der Waals surface area contributed by atoms with Crippen LogP contribution in [0.2, 0.25) is 0 Å². The predicted octanol–water partition coefficient (Wildman–Crippen LogP) is 2.53. The van der Waals surface area contributed by atoms with E-state index in [0.29, 0.717) is 12.2 Å². The lowest BCUT2D eigenvalue weighted by Gasteiger charge is -2.30. The standard InChI is InChI=1S/C18H20N6O.2ClH/c1-12-17(18(25)23-9-3-5-14(19)11-23)21-22-24(12)16-6-2-4-13-10-20-8-7-15(13)16;;/h2,4,6-8,10,14H,3,5,9,11,19H2,1H3;2*1H. The lowest BCUT2D eigenvalue weighted by molar-refractivity contribution is 0.0702. The summed E-state index contributed by atoms with van der Waals surface area (Å²) in [6, 6.07) is 7.90. The van der Waals surface area contributed by atoms with E-state index < -0.39 is 0 Å². The summed E-state index contributed by atoms with van der Waals surface area (Å²) in [5.41, 5.74) is 8.00. The van der Waals surface area contributed by atoms with Crippen LogP contribution in [0.15, 0.2) is 36.7 Å². The van der Waals surface area contributed by atoms with E-state index in [9.17, 15) is 4.79 Å². The molecule has 1 atom stereocenters. The molecule has 1 saturated heterocycles. The molecule has 7 nitrogen and oxygen atoms in total. The van der Waals surface area contributed by atoms with E-state index in [4.69, 9.17) is 5.73 Å². The summed E-state index contributed by atoms with van der Waals surface area (Å²) in [7, 11) is 0. The van der Waals surface area contributed by atoms with Crippen LogP contribution in [0.5, 0.6) is 0 Å². The molecule has 2 aromatic heterocycles. The van der Waals surface area contributed by atoms with Gasteiger partial charge in [0.15, 0.2) is 5.69 Å². The number of carbonyl (C=O) groups is 1. The summed E-state index contributed by atoms with van der Waals surface area (Å²) in [4.78, 5) is 18.8. The zero-order chi connectivity index (χ0) is 17.4. The fourth-order valence-corrected chi connectivity index (χ4v) is 3.39. The largest absolute Gasteiger partial charge is 0.336 e. The Morgan fingerprint density at radius 1 is 1.26 bits per heavy atom. The average molecular weight is 409 g/mol. The number of aromatic nitrogens is 4. The number of pyridine rings is 1. The van der Waals surface area contributed by atoms with Gasteiger partial charge in [0.25, 0.3) is 5.91 Å². The van der Waals surface area contributed by atoms with Gasteiger partial charge in [-0.05, 0) is 31.9 Å². The highest BCUT2D eigenvalue weighted by atomic mass is 35.5. The summed E-state index contributed by atoms with van der Waals surface area (Å²) in [6.07, 6.45) is 5.45. The van der Waals surface area contributed by atoms with Crippen molar-refractivity contribution in [2.75, 3.05) is 13.1 Å². The summed E-state index contributed by atoms with van der Waals surface area (Å²) in [6.45, 7) is 3.17. The van der Waals surface area contributed by atoms with E-state index in [1.807, 2.05) is 37.4 Å². The maximum absolute atomic E-state index is 12.8. The Balaban J connectivity index is 0.00000131. The van der Waals surface area contributed by atoms with Crippen LogP contribution in [-0.2, 0) is 0 Å². The van der Waals surface area contributed by atoms with E-state index in [2.05, 4.69) is 15.3 Å². The summed E-state index contributed by atoms with van der Waals surface area (Å²) >= 11 is 0. The zero-order valence-electron chi connectivity index (χ0n) is 14.9. The maximum Gasteiger partial charge on any atom is 0.276 e. The van der Waals surface area contributed by atoms with E-state index in [1.165, 1.54) is 0 Å². The highest BCUT2D eigenvalue weighted by molar-refractivity contribution is 5.94. The van der Waals surface area contributed by atoms with Gasteiger partial charge in [-0.1, -0.05) is 17.3 Å². The first-order valence-electron chi connectivity index (χ1n) is 8.45. The number of amides is 1. The first-order chi connectivity index (χ1) is 12.1. The molecule has 2 N–H and O–H groups in total. The third-order valence-corrected chi connectivity index (χ3v) is 4.73. The monoisotopic (exact) mass is 408 g/mol. The number of piperidine rings is 1. The fourth-order valence-electron chi connectivity index (χ4n) is 3.39. The van der Waals surface area contributed by atoms with Gasteiger partial charge in [0.1, 0.15) is 0 Å². The average Bonchev–Trinajstić information content (AvgIpc) is 3.02. The lowest BCUT2D eigenvalue weighted by atomic mass is 10.1. The number of hydrogen-bond acceptors (Lipinski definition) is 5. The van der Waals surface area contributed by atoms with Crippen LogP contribution in [0.4, 0.5) is 0 Å². The Kier molecular flexibility index (Phi) is 6.75. The SMILES string of the molecule is Cc1c(C(=O)N2CCCC(N)C2)nnn1-c1cccc2cnccc12.Cl.Cl. The van der Waals surface area contributed by atoms with Gasteiger partial charge in [-0.2, -0.15) is 0 Å². The van der Waals surface area contributed by atoms with Crippen molar-refractivity contribution in [3.05, 3.63) is 48.0 Å². The number of likely N-dealkylation sites (tertiary alicyclic amines) is 1. The number of fused-ring (bicyclic) bond motifs is 1. The van der Waals surface area contributed by atoms with Crippen molar-refractivity contribution in [1.29, 1.82) is 0 Å². The van der Waals surface area contributed by atoms with Crippen molar-refractivity contribution in [1.82, 2.24) is 24.9 Å². The lowest BCUT2D eigenvalue weighted by Crippen LogP contribution is -2.46. The molecule has 0 radical (unpaired) electrons. The molecule has 27 heavy (non-hydrogen) atoms. The molecule has 0 spiro atoms. The van der Waals surface area contributed by atoms with Crippen molar-refractivity contribution < 1.29 is 4.79 Å². The Hall–Kier alpha value is -2.22. The molecule has 9 heteroatoms. The Morgan fingerprint density at radius 3 is 2.85 bits per heavy atom. The Morgan fingerprint density at radius 2 is 2.07 bits per heavy atom. The molecular formula is C18H22Cl2N6O. The van der Waals surface area contributed by atoms with Gasteiger partial charge < -0.3 is 10.6 Å². The minimum atomic E-state index is -0.0965. The van der Waals surface area contributed by atoms with Crippen molar-refractivity contribution in [2.24, 2.45) is 5.73 Å². The molecule has 1 amide bonds. The maximum atomic E-state index is 12.8. The molecule has 0 bridgehead atoms. The molecular weight excluding hydrogens is 387 g/mol. The first-order valence-corrected chi connectivity index (χ1v) is 8.45. The van der Waals surface area contributed by atoms with Crippen molar-refractivity contribution in [3.8, 4) is 5.69 Å². The number of benzene rings is 1. The second kappa shape index (κ2) is 8.65. The number of nitrogens with two attached hydrogens (primary N) is 1. The van der Waals surface area contributed by atoms with Crippen LogP contribution < -0.4 is 5.73 Å². The smallest absolute Gasteiger partial charge is 0.276 e. The zero-order valence-corrected chi connectivity index (χ0v) is 16.5. The number of hydrogen-bond donors (Lipinski definition) is 1. The number of carbonyl (C=O) groups excluding carboxylic acids is 1. The molecule has 1 aromatic carbocycles. The van der Waals surface area contributed by atoms with Gasteiger partial charge in [0, 0.05) is 42.3 Å². The predicted molar refractivity (Wildman–Crippen MR) is 109 cm³/mol. The Bertz CT molecular complexity index is 939. The van der Waals surface area contributed by atoms with E-state index in [0.717, 1.165) is 41.5 Å². The fraction of sp³-hybridized carbons (Fsp3) is 0.333. The summed E-state index contributed by atoms with van der Waals surface area (Å²) in [5, 5.41) is 10.4. The van der Waals surface area contributed by atoms with Crippen molar-refractivity contribution in [2.45, 2.75) is 25.8 Å². The molecule has 4 rings (SSSR count). The quantitative estimate of drug-likeness (QED) is 0.703. The second-order valence-electron chi connectivity index (χ2n) is 6.46. The number of nitrogens with zero attached hydrogens (tertiary/aromatic N) is 5. The molecule has 3 aromatic rings. The minimum Gasteiger partial charge on any atom is -0.336 e.